The largest absolute Gasteiger partial charge is 0.377 e. The van der Waals surface area contributed by atoms with Gasteiger partial charge in [-0.05, 0) is 13.0 Å². The molecule has 1 rings (SSSR count). The fourth-order valence-corrected chi connectivity index (χ4v) is 1.29. The van der Waals surface area contributed by atoms with Gasteiger partial charge in [0.05, 0.1) is 0 Å². The molecule has 0 bridgehead atoms. The van der Waals surface area contributed by atoms with E-state index in [1.54, 1.807) is 0 Å². The van der Waals surface area contributed by atoms with Gasteiger partial charge in [-0.1, -0.05) is 32.0 Å². The van der Waals surface area contributed by atoms with Gasteiger partial charge in [-0.25, -0.2) is 0 Å². The summed E-state index contributed by atoms with van der Waals surface area (Å²) in [6.07, 6.45) is 0. The van der Waals surface area contributed by atoms with Gasteiger partial charge in [-0.15, -0.1) is 0 Å². The fourth-order valence-electron chi connectivity index (χ4n) is 1.29. The molecular formula is C13H22N2. The van der Waals surface area contributed by atoms with Crippen LogP contribution in [0.25, 0.3) is 0 Å². The quantitative estimate of drug-likeness (QED) is 0.678. The molecule has 0 unspecified atom stereocenters. The molecule has 0 spiro atoms. The standard InChI is InChI=1S/C11H16N2.C2H6/c1-9(12-2)10-7-5-6-8-11(10)13(3)4;1-2/h5-8H,1-4H3;1-2H3. The van der Waals surface area contributed by atoms with Crippen molar-refractivity contribution in [1.29, 1.82) is 0 Å². The van der Waals surface area contributed by atoms with Crippen molar-refractivity contribution in [2.24, 2.45) is 4.99 Å². The van der Waals surface area contributed by atoms with Gasteiger partial charge in [0.15, 0.2) is 0 Å². The Labute approximate surface area is 93.6 Å². The molecule has 0 aromatic heterocycles. The van der Waals surface area contributed by atoms with Crippen LogP contribution >= 0.6 is 0 Å². The van der Waals surface area contributed by atoms with Gasteiger partial charge in [0.2, 0.25) is 0 Å². The van der Waals surface area contributed by atoms with E-state index < -0.39 is 0 Å². The second-order valence-electron chi connectivity index (χ2n) is 3.22. The average molecular weight is 206 g/mol. The summed E-state index contributed by atoms with van der Waals surface area (Å²) in [4.78, 5) is 6.29. The third kappa shape index (κ3) is 3.74. The molecule has 0 fully saturated rings. The van der Waals surface area contributed by atoms with Gasteiger partial charge in [-0.3, -0.25) is 4.99 Å². The third-order valence-electron chi connectivity index (χ3n) is 2.11. The molecular weight excluding hydrogens is 184 g/mol. The molecule has 0 aliphatic carbocycles. The lowest BCUT2D eigenvalue weighted by molar-refractivity contribution is 1.13. The Morgan fingerprint density at radius 3 is 2.13 bits per heavy atom. The van der Waals surface area contributed by atoms with Crippen LogP contribution in [0.1, 0.15) is 26.3 Å². The highest BCUT2D eigenvalue weighted by Crippen LogP contribution is 2.18. The van der Waals surface area contributed by atoms with Crippen LogP contribution in [-0.4, -0.2) is 26.9 Å². The van der Waals surface area contributed by atoms with Gasteiger partial charge < -0.3 is 4.90 Å². The topological polar surface area (TPSA) is 15.6 Å². The Kier molecular flexibility index (Phi) is 6.43. The zero-order chi connectivity index (χ0) is 11.8. The van der Waals surface area contributed by atoms with E-state index in [0.29, 0.717) is 0 Å². The molecule has 0 N–H and O–H groups in total. The van der Waals surface area contributed by atoms with Gasteiger partial charge in [0, 0.05) is 38.1 Å². The van der Waals surface area contributed by atoms with E-state index in [4.69, 9.17) is 0 Å². The average Bonchev–Trinajstić information content (AvgIpc) is 2.30. The highest BCUT2D eigenvalue weighted by molar-refractivity contribution is 6.03. The molecule has 0 atom stereocenters. The lowest BCUT2D eigenvalue weighted by Crippen LogP contribution is -2.12. The number of nitrogens with zero attached hydrogens (tertiary/aromatic N) is 2. The number of aliphatic imine (C=N–C) groups is 1. The Hall–Kier alpha value is -1.31. The van der Waals surface area contributed by atoms with E-state index in [1.165, 1.54) is 11.3 Å². The molecule has 0 aliphatic heterocycles. The monoisotopic (exact) mass is 206 g/mol. The van der Waals surface area contributed by atoms with Crippen molar-refractivity contribution in [1.82, 2.24) is 0 Å². The van der Waals surface area contributed by atoms with Crippen LogP contribution in [0.2, 0.25) is 0 Å². The molecule has 0 radical (unpaired) electrons. The summed E-state index contributed by atoms with van der Waals surface area (Å²) in [6.45, 7) is 6.03. The van der Waals surface area contributed by atoms with Crippen molar-refractivity contribution in [3.63, 3.8) is 0 Å². The van der Waals surface area contributed by atoms with Crippen molar-refractivity contribution in [2.45, 2.75) is 20.8 Å². The molecule has 0 saturated carbocycles. The molecule has 0 heterocycles. The van der Waals surface area contributed by atoms with E-state index in [-0.39, 0.29) is 0 Å². The van der Waals surface area contributed by atoms with E-state index in [1.807, 2.05) is 54.0 Å². The van der Waals surface area contributed by atoms with Crippen LogP contribution in [-0.2, 0) is 0 Å². The van der Waals surface area contributed by atoms with Gasteiger partial charge in [0.1, 0.15) is 0 Å². The minimum Gasteiger partial charge on any atom is -0.377 e. The van der Waals surface area contributed by atoms with Crippen molar-refractivity contribution >= 4 is 11.4 Å². The zero-order valence-electron chi connectivity index (χ0n) is 10.7. The maximum absolute atomic E-state index is 4.19. The summed E-state index contributed by atoms with van der Waals surface area (Å²) in [7, 11) is 5.91. The van der Waals surface area contributed by atoms with E-state index in [0.717, 1.165) is 5.71 Å². The van der Waals surface area contributed by atoms with Crippen molar-refractivity contribution < 1.29 is 0 Å². The van der Waals surface area contributed by atoms with Crippen LogP contribution < -0.4 is 4.90 Å². The molecule has 0 amide bonds. The van der Waals surface area contributed by atoms with Crippen LogP contribution in [0.15, 0.2) is 29.3 Å². The number of anilines is 1. The summed E-state index contributed by atoms with van der Waals surface area (Å²) < 4.78 is 0. The first-order valence-corrected chi connectivity index (χ1v) is 5.37. The van der Waals surface area contributed by atoms with Gasteiger partial charge >= 0.3 is 0 Å². The number of hydrogen-bond acceptors (Lipinski definition) is 2. The second-order valence-corrected chi connectivity index (χ2v) is 3.22. The van der Waals surface area contributed by atoms with Crippen molar-refractivity contribution in [2.75, 3.05) is 26.0 Å². The maximum atomic E-state index is 4.19. The normalized spacial score (nSPS) is 10.4. The van der Waals surface area contributed by atoms with Crippen molar-refractivity contribution in [3.05, 3.63) is 29.8 Å². The highest BCUT2D eigenvalue weighted by atomic mass is 15.1. The van der Waals surface area contributed by atoms with E-state index >= 15 is 0 Å². The van der Waals surface area contributed by atoms with Gasteiger partial charge in [-0.2, -0.15) is 0 Å². The summed E-state index contributed by atoms with van der Waals surface area (Å²) >= 11 is 0. The number of para-hydroxylation sites is 1. The predicted molar refractivity (Wildman–Crippen MR) is 70.3 cm³/mol. The summed E-state index contributed by atoms with van der Waals surface area (Å²) in [5, 5.41) is 0. The molecule has 1 aromatic rings. The van der Waals surface area contributed by atoms with Gasteiger partial charge in [0.25, 0.3) is 0 Å². The molecule has 1 aromatic carbocycles. The third-order valence-corrected chi connectivity index (χ3v) is 2.11. The van der Waals surface area contributed by atoms with Crippen LogP contribution in [0, 0.1) is 0 Å². The number of benzene rings is 1. The molecule has 15 heavy (non-hydrogen) atoms. The van der Waals surface area contributed by atoms with Crippen LogP contribution in [0.5, 0.6) is 0 Å². The Morgan fingerprint density at radius 2 is 1.67 bits per heavy atom. The predicted octanol–water partition coefficient (Wildman–Crippen LogP) is 3.22. The molecule has 0 saturated heterocycles. The summed E-state index contributed by atoms with van der Waals surface area (Å²) in [6, 6.07) is 8.28. The maximum Gasteiger partial charge on any atom is 0.0452 e. The smallest absolute Gasteiger partial charge is 0.0452 e. The SMILES string of the molecule is CC.CN=C(C)c1ccccc1N(C)C. The lowest BCUT2D eigenvalue weighted by atomic mass is 10.1. The molecule has 2 nitrogen and oxygen atoms in total. The number of rotatable bonds is 2. The van der Waals surface area contributed by atoms with Crippen molar-refractivity contribution in [3.8, 4) is 0 Å². The second kappa shape index (κ2) is 7.04. The summed E-state index contributed by atoms with van der Waals surface area (Å²) in [5.74, 6) is 0. The first-order valence-electron chi connectivity index (χ1n) is 5.37. The minimum atomic E-state index is 1.07. The Balaban J connectivity index is 0.000000921. The fraction of sp³-hybridized carbons (Fsp3) is 0.462. The molecule has 84 valence electrons. The van der Waals surface area contributed by atoms with E-state index in [2.05, 4.69) is 22.0 Å². The summed E-state index contributed by atoms with van der Waals surface area (Å²) in [5.41, 5.74) is 3.49. The van der Waals surface area contributed by atoms with E-state index in [9.17, 15) is 0 Å². The Morgan fingerprint density at radius 1 is 1.13 bits per heavy atom. The first kappa shape index (κ1) is 13.7. The minimum absolute atomic E-state index is 1.07. The zero-order valence-corrected chi connectivity index (χ0v) is 10.7. The molecule has 2 heteroatoms. The van der Waals surface area contributed by atoms with Crippen LogP contribution in [0.4, 0.5) is 5.69 Å². The number of hydrogen-bond donors (Lipinski definition) is 0. The lowest BCUT2D eigenvalue weighted by Gasteiger charge is -2.16. The Bertz CT molecular complexity index is 314. The van der Waals surface area contributed by atoms with Crippen LogP contribution in [0.3, 0.4) is 0 Å². The highest BCUT2D eigenvalue weighted by Gasteiger charge is 2.04. The first-order chi connectivity index (χ1) is 7.16. The molecule has 0 aliphatic rings.